The standard InChI is InChI=1S/C11H13N3O/c1-14(8-3-4-8)11-13-9-5-2-7(12)6-10(9)15-11/h2,5-6,8H,3-4,12H2,1H3. The minimum Gasteiger partial charge on any atom is -0.423 e. The van der Waals surface area contributed by atoms with Crippen molar-refractivity contribution in [1.29, 1.82) is 0 Å². The van der Waals surface area contributed by atoms with Crippen LogP contribution in [0.2, 0.25) is 0 Å². The van der Waals surface area contributed by atoms with Crippen LogP contribution in [0.3, 0.4) is 0 Å². The van der Waals surface area contributed by atoms with E-state index in [9.17, 15) is 0 Å². The van der Waals surface area contributed by atoms with E-state index < -0.39 is 0 Å². The van der Waals surface area contributed by atoms with Crippen molar-refractivity contribution in [2.24, 2.45) is 0 Å². The number of aromatic nitrogens is 1. The maximum Gasteiger partial charge on any atom is 0.298 e. The van der Waals surface area contributed by atoms with Gasteiger partial charge in [-0.3, -0.25) is 0 Å². The average molecular weight is 203 g/mol. The van der Waals surface area contributed by atoms with Gasteiger partial charge in [-0.15, -0.1) is 0 Å². The summed E-state index contributed by atoms with van der Waals surface area (Å²) >= 11 is 0. The molecule has 1 saturated carbocycles. The Morgan fingerprint density at radius 2 is 2.27 bits per heavy atom. The largest absolute Gasteiger partial charge is 0.423 e. The van der Waals surface area contributed by atoms with Gasteiger partial charge in [-0.1, -0.05) is 0 Å². The molecule has 0 spiro atoms. The molecular formula is C11H13N3O. The molecule has 3 rings (SSSR count). The predicted octanol–water partition coefficient (Wildman–Crippen LogP) is 2.01. The first-order chi connectivity index (χ1) is 7.24. The Morgan fingerprint density at radius 1 is 1.47 bits per heavy atom. The summed E-state index contributed by atoms with van der Waals surface area (Å²) < 4.78 is 5.65. The first-order valence-electron chi connectivity index (χ1n) is 5.13. The molecule has 78 valence electrons. The molecule has 1 heterocycles. The minimum absolute atomic E-state index is 0.607. The zero-order valence-corrected chi connectivity index (χ0v) is 8.60. The van der Waals surface area contributed by atoms with Crippen LogP contribution >= 0.6 is 0 Å². The average Bonchev–Trinajstić information content (AvgIpc) is 2.97. The number of anilines is 2. The third-order valence-electron chi connectivity index (χ3n) is 2.80. The quantitative estimate of drug-likeness (QED) is 0.758. The fourth-order valence-corrected chi connectivity index (χ4v) is 1.70. The van der Waals surface area contributed by atoms with Gasteiger partial charge in [0, 0.05) is 24.8 Å². The predicted molar refractivity (Wildman–Crippen MR) is 59.8 cm³/mol. The van der Waals surface area contributed by atoms with E-state index in [-0.39, 0.29) is 0 Å². The third-order valence-corrected chi connectivity index (χ3v) is 2.80. The number of benzene rings is 1. The van der Waals surface area contributed by atoms with E-state index >= 15 is 0 Å². The lowest BCUT2D eigenvalue weighted by Crippen LogP contribution is -2.19. The second-order valence-electron chi connectivity index (χ2n) is 4.07. The van der Waals surface area contributed by atoms with Gasteiger partial charge in [0.1, 0.15) is 5.52 Å². The number of fused-ring (bicyclic) bond motifs is 1. The van der Waals surface area contributed by atoms with Crippen molar-refractivity contribution in [3.8, 4) is 0 Å². The first kappa shape index (κ1) is 8.59. The molecule has 2 aromatic rings. The monoisotopic (exact) mass is 203 g/mol. The van der Waals surface area contributed by atoms with Gasteiger partial charge in [0.25, 0.3) is 6.01 Å². The van der Waals surface area contributed by atoms with Crippen LogP contribution in [0.25, 0.3) is 11.1 Å². The number of nitrogen functional groups attached to an aromatic ring is 1. The first-order valence-corrected chi connectivity index (χ1v) is 5.13. The number of hydrogen-bond acceptors (Lipinski definition) is 4. The molecule has 4 nitrogen and oxygen atoms in total. The Balaban J connectivity index is 2.05. The molecule has 1 aliphatic carbocycles. The number of nitrogens with zero attached hydrogens (tertiary/aromatic N) is 2. The molecule has 0 aliphatic heterocycles. The van der Waals surface area contributed by atoms with Crippen molar-refractivity contribution in [2.45, 2.75) is 18.9 Å². The summed E-state index contributed by atoms with van der Waals surface area (Å²) in [5.74, 6) is 0. The number of rotatable bonds is 2. The van der Waals surface area contributed by atoms with Crippen molar-refractivity contribution in [3.05, 3.63) is 18.2 Å². The molecule has 15 heavy (non-hydrogen) atoms. The second kappa shape index (κ2) is 2.89. The van der Waals surface area contributed by atoms with Gasteiger partial charge in [-0.05, 0) is 25.0 Å². The van der Waals surface area contributed by atoms with E-state index in [1.54, 1.807) is 0 Å². The van der Waals surface area contributed by atoms with E-state index in [4.69, 9.17) is 10.2 Å². The molecule has 0 saturated heterocycles. The minimum atomic E-state index is 0.607. The van der Waals surface area contributed by atoms with Crippen molar-refractivity contribution < 1.29 is 4.42 Å². The lowest BCUT2D eigenvalue weighted by Gasteiger charge is -2.11. The summed E-state index contributed by atoms with van der Waals surface area (Å²) in [6.45, 7) is 0. The molecule has 1 aliphatic rings. The summed E-state index contributed by atoms with van der Waals surface area (Å²) in [6, 6.07) is 6.84. The Morgan fingerprint density at radius 3 is 3.00 bits per heavy atom. The molecule has 2 N–H and O–H groups in total. The molecule has 1 aromatic heterocycles. The van der Waals surface area contributed by atoms with Gasteiger partial charge >= 0.3 is 0 Å². The normalized spacial score (nSPS) is 15.8. The van der Waals surface area contributed by atoms with E-state index in [0.29, 0.717) is 17.7 Å². The fraction of sp³-hybridized carbons (Fsp3) is 0.364. The smallest absolute Gasteiger partial charge is 0.298 e. The van der Waals surface area contributed by atoms with Crippen LogP contribution in [0.15, 0.2) is 22.6 Å². The van der Waals surface area contributed by atoms with Crippen molar-refractivity contribution in [1.82, 2.24) is 4.98 Å². The lowest BCUT2D eigenvalue weighted by atomic mass is 10.3. The van der Waals surface area contributed by atoms with Crippen LogP contribution in [0.5, 0.6) is 0 Å². The molecular weight excluding hydrogens is 190 g/mol. The van der Waals surface area contributed by atoms with Gasteiger partial charge in [0.15, 0.2) is 5.58 Å². The highest BCUT2D eigenvalue weighted by Gasteiger charge is 2.29. The van der Waals surface area contributed by atoms with Gasteiger partial charge in [-0.2, -0.15) is 4.98 Å². The van der Waals surface area contributed by atoms with Gasteiger partial charge in [0.2, 0.25) is 0 Å². The van der Waals surface area contributed by atoms with Crippen LogP contribution in [-0.2, 0) is 0 Å². The van der Waals surface area contributed by atoms with E-state index in [1.165, 1.54) is 12.8 Å². The van der Waals surface area contributed by atoms with Crippen molar-refractivity contribution in [2.75, 3.05) is 17.7 Å². The van der Waals surface area contributed by atoms with Gasteiger partial charge in [0.05, 0.1) is 0 Å². The molecule has 0 amide bonds. The maximum atomic E-state index is 5.68. The van der Waals surface area contributed by atoms with Crippen LogP contribution in [0, 0.1) is 0 Å². The van der Waals surface area contributed by atoms with Gasteiger partial charge < -0.3 is 15.1 Å². The number of oxazole rings is 1. The Labute approximate surface area is 87.7 Å². The van der Waals surface area contributed by atoms with Crippen LogP contribution in [0.4, 0.5) is 11.7 Å². The van der Waals surface area contributed by atoms with Crippen molar-refractivity contribution >= 4 is 22.8 Å². The molecule has 0 atom stereocenters. The SMILES string of the molecule is CN(c1nc2ccc(N)cc2o1)C1CC1. The zero-order valence-electron chi connectivity index (χ0n) is 8.60. The highest BCUT2D eigenvalue weighted by Crippen LogP contribution is 2.31. The summed E-state index contributed by atoms with van der Waals surface area (Å²) in [5.41, 5.74) is 8.02. The Kier molecular flexibility index (Phi) is 1.65. The molecule has 0 unspecified atom stereocenters. The summed E-state index contributed by atoms with van der Waals surface area (Å²) in [4.78, 5) is 6.51. The van der Waals surface area contributed by atoms with E-state index in [0.717, 1.165) is 11.1 Å². The lowest BCUT2D eigenvalue weighted by molar-refractivity contribution is 0.582. The Bertz CT molecular complexity index is 502. The number of nitrogens with two attached hydrogens (primary N) is 1. The topological polar surface area (TPSA) is 55.3 Å². The second-order valence-corrected chi connectivity index (χ2v) is 4.07. The zero-order chi connectivity index (χ0) is 10.4. The molecule has 1 aromatic carbocycles. The molecule has 0 bridgehead atoms. The van der Waals surface area contributed by atoms with Crippen LogP contribution in [-0.4, -0.2) is 18.1 Å². The summed E-state index contributed by atoms with van der Waals surface area (Å²) in [7, 11) is 2.02. The summed E-state index contributed by atoms with van der Waals surface area (Å²) in [5, 5.41) is 0. The summed E-state index contributed by atoms with van der Waals surface area (Å²) in [6.07, 6.45) is 2.47. The third kappa shape index (κ3) is 1.42. The maximum absolute atomic E-state index is 5.68. The molecule has 0 radical (unpaired) electrons. The van der Waals surface area contributed by atoms with Crippen molar-refractivity contribution in [3.63, 3.8) is 0 Å². The van der Waals surface area contributed by atoms with Crippen LogP contribution < -0.4 is 10.6 Å². The van der Waals surface area contributed by atoms with E-state index in [1.807, 2.05) is 25.2 Å². The highest BCUT2D eigenvalue weighted by molar-refractivity contribution is 5.78. The highest BCUT2D eigenvalue weighted by atomic mass is 16.4. The van der Waals surface area contributed by atoms with Gasteiger partial charge in [-0.25, -0.2) is 0 Å². The number of hydrogen-bond donors (Lipinski definition) is 1. The van der Waals surface area contributed by atoms with Crippen LogP contribution in [0.1, 0.15) is 12.8 Å². The molecule has 1 fully saturated rings. The fourth-order valence-electron chi connectivity index (χ4n) is 1.70. The Hall–Kier alpha value is -1.71. The molecule has 4 heteroatoms. The van der Waals surface area contributed by atoms with E-state index in [2.05, 4.69) is 9.88 Å².